The van der Waals surface area contributed by atoms with E-state index in [1.165, 1.54) is 24.2 Å². The molecule has 5 rings (SSSR count). The van der Waals surface area contributed by atoms with Crippen LogP contribution in [0.15, 0.2) is 53.9 Å². The Morgan fingerprint density at radius 2 is 2.03 bits per heavy atom. The van der Waals surface area contributed by atoms with E-state index in [2.05, 4.69) is 19.9 Å². The molecule has 1 aliphatic rings. The lowest BCUT2D eigenvalue weighted by molar-refractivity contribution is 0.00839. The quantitative estimate of drug-likeness (QED) is 0.488. The molecular weight excluding hydrogens is 420 g/mol. The van der Waals surface area contributed by atoms with E-state index in [0.717, 1.165) is 10.9 Å². The molecule has 1 aromatic carbocycles. The summed E-state index contributed by atoms with van der Waals surface area (Å²) < 4.78 is 42.6. The summed E-state index contributed by atoms with van der Waals surface area (Å²) in [6.07, 6.45) is 6.07. The van der Waals surface area contributed by atoms with E-state index in [1.807, 2.05) is 18.2 Å². The maximum atomic E-state index is 13.1. The zero-order chi connectivity index (χ0) is 21.6. The molecule has 4 aromatic rings. The average Bonchev–Trinajstić information content (AvgIpc) is 3.35. The minimum atomic E-state index is -3.94. The number of aryl methyl sites for hydroxylation is 1. The largest absolute Gasteiger partial charge is 0.494 e. The second-order valence-corrected chi connectivity index (χ2v) is 8.94. The summed E-state index contributed by atoms with van der Waals surface area (Å²) in [5, 5.41) is 9.20. The molecule has 1 saturated heterocycles. The SMILES string of the molecule is COc1ccc2cnn(C)c2c1NS(=O)(=O)c1cnn(-c2cc(C3COC3)ccn2)c1. The summed E-state index contributed by atoms with van der Waals surface area (Å²) in [5.41, 5.74) is 2.02. The number of rotatable bonds is 6. The number of benzene rings is 1. The van der Waals surface area contributed by atoms with Crippen LogP contribution in [0, 0.1) is 0 Å². The van der Waals surface area contributed by atoms with Crippen molar-refractivity contribution in [3.8, 4) is 11.6 Å². The highest BCUT2D eigenvalue weighted by atomic mass is 32.2. The van der Waals surface area contributed by atoms with Gasteiger partial charge in [-0.2, -0.15) is 10.2 Å². The number of hydrogen-bond acceptors (Lipinski definition) is 7. The van der Waals surface area contributed by atoms with Crippen LogP contribution < -0.4 is 9.46 Å². The molecule has 1 fully saturated rings. The standard InChI is InChI=1S/C20H20N6O4S/c1-25-20-14(8-22-25)3-4-17(29-2)19(20)24-31(27,28)16-9-23-26(10-16)18-7-13(5-6-21-18)15-11-30-12-15/h3-10,15,24H,11-12H2,1-2H3. The van der Waals surface area contributed by atoms with Gasteiger partial charge in [0.1, 0.15) is 16.3 Å². The van der Waals surface area contributed by atoms with Gasteiger partial charge in [-0.15, -0.1) is 0 Å². The Labute approximate surface area is 178 Å². The van der Waals surface area contributed by atoms with Gasteiger partial charge in [0.05, 0.1) is 44.4 Å². The fraction of sp³-hybridized carbons (Fsp3) is 0.250. The number of anilines is 1. The van der Waals surface area contributed by atoms with E-state index in [1.54, 1.807) is 30.2 Å². The van der Waals surface area contributed by atoms with Gasteiger partial charge in [-0.05, 0) is 29.8 Å². The number of nitrogens with one attached hydrogen (secondary N) is 1. The summed E-state index contributed by atoms with van der Waals surface area (Å²) in [7, 11) is -0.717. The highest BCUT2D eigenvalue weighted by molar-refractivity contribution is 7.92. The molecule has 0 aliphatic carbocycles. The Hall–Kier alpha value is -3.44. The van der Waals surface area contributed by atoms with Gasteiger partial charge in [0.15, 0.2) is 5.82 Å². The maximum absolute atomic E-state index is 13.1. The van der Waals surface area contributed by atoms with Crippen molar-refractivity contribution in [1.82, 2.24) is 24.5 Å². The first-order valence-corrected chi connectivity index (χ1v) is 11.0. The number of pyridine rings is 1. The summed E-state index contributed by atoms with van der Waals surface area (Å²) >= 11 is 0. The number of hydrogen-bond donors (Lipinski definition) is 1. The van der Waals surface area contributed by atoms with Crippen molar-refractivity contribution in [1.29, 1.82) is 0 Å². The van der Waals surface area contributed by atoms with E-state index in [4.69, 9.17) is 9.47 Å². The van der Waals surface area contributed by atoms with Crippen LogP contribution in [-0.4, -0.2) is 53.3 Å². The van der Waals surface area contributed by atoms with Gasteiger partial charge >= 0.3 is 0 Å². The first-order valence-electron chi connectivity index (χ1n) is 9.56. The molecule has 1 N–H and O–H groups in total. The Bertz CT molecular complexity index is 1370. The lowest BCUT2D eigenvalue weighted by Gasteiger charge is -2.26. The molecule has 0 atom stereocenters. The van der Waals surface area contributed by atoms with Gasteiger partial charge in [0.25, 0.3) is 10.0 Å². The van der Waals surface area contributed by atoms with Gasteiger partial charge in [-0.25, -0.2) is 18.1 Å². The number of fused-ring (bicyclic) bond motifs is 1. The first-order chi connectivity index (χ1) is 15.0. The second kappa shape index (κ2) is 7.36. The van der Waals surface area contributed by atoms with E-state index in [0.29, 0.717) is 41.9 Å². The highest BCUT2D eigenvalue weighted by Gasteiger charge is 2.24. The van der Waals surface area contributed by atoms with Gasteiger partial charge in [-0.1, -0.05) is 0 Å². The second-order valence-electron chi connectivity index (χ2n) is 7.26. The number of sulfonamides is 1. The van der Waals surface area contributed by atoms with Gasteiger partial charge in [0.2, 0.25) is 0 Å². The fourth-order valence-corrected chi connectivity index (χ4v) is 4.53. The molecule has 0 saturated carbocycles. The first kappa shape index (κ1) is 19.5. The van der Waals surface area contributed by atoms with Crippen LogP contribution in [0.1, 0.15) is 11.5 Å². The van der Waals surface area contributed by atoms with E-state index >= 15 is 0 Å². The minimum absolute atomic E-state index is 0.00732. The van der Waals surface area contributed by atoms with Crippen molar-refractivity contribution in [2.75, 3.05) is 25.0 Å². The van der Waals surface area contributed by atoms with Crippen LogP contribution in [0.25, 0.3) is 16.7 Å². The average molecular weight is 440 g/mol. The molecule has 1 aliphatic heterocycles. The molecule has 0 unspecified atom stereocenters. The Kier molecular flexibility index (Phi) is 4.63. The lowest BCUT2D eigenvalue weighted by atomic mass is 9.99. The minimum Gasteiger partial charge on any atom is -0.494 e. The third kappa shape index (κ3) is 3.41. The number of nitrogens with zero attached hydrogens (tertiary/aromatic N) is 5. The van der Waals surface area contributed by atoms with E-state index in [9.17, 15) is 8.42 Å². The molecule has 0 radical (unpaired) electrons. The molecule has 4 heterocycles. The summed E-state index contributed by atoms with van der Waals surface area (Å²) in [6.45, 7) is 1.35. The number of aromatic nitrogens is 5. The molecule has 0 amide bonds. The third-order valence-electron chi connectivity index (χ3n) is 5.30. The van der Waals surface area contributed by atoms with Crippen LogP contribution >= 0.6 is 0 Å². The molecule has 0 bridgehead atoms. The molecule has 10 nitrogen and oxygen atoms in total. The summed E-state index contributed by atoms with van der Waals surface area (Å²) in [4.78, 5) is 4.32. The molecular formula is C20H20N6O4S. The van der Waals surface area contributed by atoms with Crippen LogP contribution in [-0.2, 0) is 21.8 Å². The zero-order valence-corrected chi connectivity index (χ0v) is 17.7. The lowest BCUT2D eigenvalue weighted by Crippen LogP contribution is -2.25. The molecule has 0 spiro atoms. The van der Waals surface area contributed by atoms with Gasteiger partial charge in [-0.3, -0.25) is 9.40 Å². The van der Waals surface area contributed by atoms with Crippen molar-refractivity contribution >= 4 is 26.6 Å². The number of ether oxygens (including phenoxy) is 2. The maximum Gasteiger partial charge on any atom is 0.265 e. The Morgan fingerprint density at radius 3 is 2.77 bits per heavy atom. The summed E-state index contributed by atoms with van der Waals surface area (Å²) in [5.74, 6) is 1.26. The zero-order valence-electron chi connectivity index (χ0n) is 16.9. The highest BCUT2D eigenvalue weighted by Crippen LogP contribution is 2.34. The van der Waals surface area contributed by atoms with Crippen molar-refractivity contribution in [2.24, 2.45) is 7.05 Å². The monoisotopic (exact) mass is 440 g/mol. The van der Waals surface area contributed by atoms with Crippen molar-refractivity contribution in [3.63, 3.8) is 0 Å². The molecule has 31 heavy (non-hydrogen) atoms. The van der Waals surface area contributed by atoms with E-state index < -0.39 is 10.0 Å². The van der Waals surface area contributed by atoms with Crippen LogP contribution in [0.2, 0.25) is 0 Å². The molecule has 3 aromatic heterocycles. The van der Waals surface area contributed by atoms with Crippen LogP contribution in [0.5, 0.6) is 5.75 Å². The third-order valence-corrected chi connectivity index (χ3v) is 6.61. The Morgan fingerprint density at radius 1 is 1.19 bits per heavy atom. The smallest absolute Gasteiger partial charge is 0.265 e. The molecule has 160 valence electrons. The van der Waals surface area contributed by atoms with Crippen LogP contribution in [0.3, 0.4) is 0 Å². The number of methoxy groups -OCH3 is 1. The predicted octanol–water partition coefficient (Wildman–Crippen LogP) is 2.08. The fourth-order valence-electron chi connectivity index (χ4n) is 3.52. The normalized spacial score (nSPS) is 14.5. The molecule has 11 heteroatoms. The summed E-state index contributed by atoms with van der Waals surface area (Å²) in [6, 6.07) is 7.34. The van der Waals surface area contributed by atoms with E-state index in [-0.39, 0.29) is 4.90 Å². The van der Waals surface area contributed by atoms with Crippen LogP contribution in [0.4, 0.5) is 5.69 Å². The van der Waals surface area contributed by atoms with Crippen molar-refractivity contribution in [3.05, 3.63) is 54.6 Å². The Balaban J connectivity index is 1.49. The topological polar surface area (TPSA) is 113 Å². The van der Waals surface area contributed by atoms with Gasteiger partial charge < -0.3 is 9.47 Å². The van der Waals surface area contributed by atoms with Crippen molar-refractivity contribution < 1.29 is 17.9 Å². The van der Waals surface area contributed by atoms with Gasteiger partial charge in [0, 0.05) is 24.5 Å². The van der Waals surface area contributed by atoms with Crippen molar-refractivity contribution in [2.45, 2.75) is 10.8 Å². The predicted molar refractivity (Wildman–Crippen MR) is 113 cm³/mol.